The summed E-state index contributed by atoms with van der Waals surface area (Å²) in [6.45, 7) is 2.70. The Labute approximate surface area is 122 Å². The molecule has 0 radical (unpaired) electrons. The van der Waals surface area contributed by atoms with Gasteiger partial charge in [-0.05, 0) is 31.0 Å². The topological polar surface area (TPSA) is 68.5 Å². The zero-order valence-electron chi connectivity index (χ0n) is 11.8. The van der Waals surface area contributed by atoms with Crippen LogP contribution in [-0.4, -0.2) is 18.4 Å². The normalized spacial score (nSPS) is 18.8. The highest BCUT2D eigenvalue weighted by molar-refractivity contribution is 6.02. The molecule has 1 aliphatic heterocycles. The molecule has 5 heteroatoms. The molecule has 1 unspecified atom stereocenters. The van der Waals surface area contributed by atoms with Crippen LogP contribution in [-0.2, 0) is 9.59 Å². The lowest BCUT2D eigenvalue weighted by atomic mass is 9.90. The third kappa shape index (κ3) is 2.63. The van der Waals surface area contributed by atoms with Crippen LogP contribution in [0.15, 0.2) is 28.9 Å². The molecule has 0 bridgehead atoms. The number of benzene rings is 1. The fraction of sp³-hybridized carbons (Fsp3) is 0.375. The largest absolute Gasteiger partial charge is 0.494 e. The van der Waals surface area contributed by atoms with Crippen molar-refractivity contribution in [3.63, 3.8) is 0 Å². The van der Waals surface area contributed by atoms with Crippen molar-refractivity contribution in [1.82, 2.24) is 5.32 Å². The molecule has 3 rings (SSSR count). The first-order valence-corrected chi connectivity index (χ1v) is 7.16. The predicted octanol–water partition coefficient (Wildman–Crippen LogP) is 2.74. The van der Waals surface area contributed by atoms with Crippen molar-refractivity contribution in [2.75, 3.05) is 6.61 Å². The van der Waals surface area contributed by atoms with Gasteiger partial charge in [0.1, 0.15) is 11.3 Å². The number of nitrogens with one attached hydrogen (secondary N) is 1. The lowest BCUT2D eigenvalue weighted by Gasteiger charge is -2.19. The van der Waals surface area contributed by atoms with Crippen molar-refractivity contribution in [3.05, 3.63) is 30.0 Å². The minimum absolute atomic E-state index is 0.212. The monoisotopic (exact) mass is 287 g/mol. The van der Waals surface area contributed by atoms with E-state index in [0.717, 1.165) is 28.7 Å². The summed E-state index contributed by atoms with van der Waals surface area (Å²) >= 11 is 0. The molecule has 0 saturated carbocycles. The van der Waals surface area contributed by atoms with Gasteiger partial charge in [0.15, 0.2) is 0 Å². The Bertz CT molecular complexity index is 689. The van der Waals surface area contributed by atoms with Crippen molar-refractivity contribution < 1.29 is 18.7 Å². The van der Waals surface area contributed by atoms with Crippen LogP contribution in [0.3, 0.4) is 0 Å². The lowest BCUT2D eigenvalue weighted by Crippen LogP contribution is -2.39. The third-order valence-electron chi connectivity index (χ3n) is 3.66. The van der Waals surface area contributed by atoms with Gasteiger partial charge in [0, 0.05) is 17.4 Å². The minimum Gasteiger partial charge on any atom is -0.494 e. The van der Waals surface area contributed by atoms with E-state index in [1.165, 1.54) is 0 Å². The van der Waals surface area contributed by atoms with Crippen LogP contribution in [0.5, 0.6) is 5.75 Å². The molecule has 1 aromatic heterocycles. The summed E-state index contributed by atoms with van der Waals surface area (Å²) in [6, 6.07) is 5.60. The Morgan fingerprint density at radius 3 is 3.00 bits per heavy atom. The molecule has 0 aliphatic carbocycles. The highest BCUT2D eigenvalue weighted by Crippen LogP contribution is 2.34. The molecular formula is C16H17NO4. The number of fused-ring (bicyclic) bond motifs is 1. The molecule has 2 heterocycles. The van der Waals surface area contributed by atoms with Crippen LogP contribution in [0.25, 0.3) is 11.0 Å². The van der Waals surface area contributed by atoms with Gasteiger partial charge in [-0.1, -0.05) is 6.92 Å². The molecule has 21 heavy (non-hydrogen) atoms. The van der Waals surface area contributed by atoms with Crippen LogP contribution in [0.1, 0.15) is 37.7 Å². The molecule has 2 amide bonds. The van der Waals surface area contributed by atoms with Crippen LogP contribution in [0.2, 0.25) is 0 Å². The summed E-state index contributed by atoms with van der Waals surface area (Å²) in [5.41, 5.74) is 1.54. The van der Waals surface area contributed by atoms with E-state index < -0.39 is 0 Å². The van der Waals surface area contributed by atoms with Gasteiger partial charge >= 0.3 is 0 Å². The average molecular weight is 287 g/mol. The van der Waals surface area contributed by atoms with Crippen LogP contribution in [0, 0.1) is 0 Å². The molecule has 2 aromatic rings. The van der Waals surface area contributed by atoms with E-state index in [9.17, 15) is 9.59 Å². The molecule has 1 N–H and O–H groups in total. The molecule has 0 spiro atoms. The second-order valence-electron chi connectivity index (χ2n) is 5.20. The van der Waals surface area contributed by atoms with Crippen LogP contribution >= 0.6 is 0 Å². The Morgan fingerprint density at radius 1 is 1.38 bits per heavy atom. The molecule has 1 aliphatic rings. The second kappa shape index (κ2) is 5.60. The third-order valence-corrected chi connectivity index (χ3v) is 3.66. The summed E-state index contributed by atoms with van der Waals surface area (Å²) in [5, 5.41) is 3.25. The number of ether oxygens (including phenoxy) is 1. The Kier molecular flexibility index (Phi) is 3.64. The molecule has 1 fully saturated rings. The highest BCUT2D eigenvalue weighted by Gasteiger charge is 2.30. The molecule has 1 aromatic carbocycles. The van der Waals surface area contributed by atoms with Crippen molar-refractivity contribution >= 4 is 22.8 Å². The number of carbonyl (C=O) groups excluding carboxylic acids is 2. The Morgan fingerprint density at radius 2 is 2.24 bits per heavy atom. The smallest absolute Gasteiger partial charge is 0.234 e. The number of imide groups is 1. The number of piperidine rings is 1. The van der Waals surface area contributed by atoms with Gasteiger partial charge in [-0.2, -0.15) is 0 Å². The highest BCUT2D eigenvalue weighted by atomic mass is 16.5. The van der Waals surface area contributed by atoms with Gasteiger partial charge in [-0.15, -0.1) is 0 Å². The molecule has 110 valence electrons. The summed E-state index contributed by atoms with van der Waals surface area (Å²) in [7, 11) is 0. The average Bonchev–Trinajstić information content (AvgIpc) is 2.88. The molecule has 5 nitrogen and oxygen atoms in total. The van der Waals surface area contributed by atoms with Crippen molar-refractivity contribution in [1.29, 1.82) is 0 Å². The standard InChI is InChI=1S/C16H17NO4/c1-2-7-20-10-3-5-14-12(8-10)13(9-21-14)11-4-6-15(18)17-16(11)19/h3,5,8-9,11H,2,4,6-7H2,1H3,(H,17,18,19). The maximum Gasteiger partial charge on any atom is 0.234 e. The number of carbonyl (C=O) groups is 2. The Balaban J connectivity index is 1.94. The number of amides is 2. The maximum atomic E-state index is 12.0. The van der Waals surface area contributed by atoms with Gasteiger partial charge < -0.3 is 9.15 Å². The van der Waals surface area contributed by atoms with Crippen molar-refractivity contribution in [2.45, 2.75) is 32.1 Å². The molecule has 1 atom stereocenters. The van der Waals surface area contributed by atoms with Gasteiger partial charge in [-0.25, -0.2) is 0 Å². The van der Waals surface area contributed by atoms with Crippen LogP contribution in [0.4, 0.5) is 0 Å². The number of hydrogen-bond donors (Lipinski definition) is 1. The predicted molar refractivity (Wildman–Crippen MR) is 77.1 cm³/mol. The zero-order valence-corrected chi connectivity index (χ0v) is 11.8. The van der Waals surface area contributed by atoms with Gasteiger partial charge in [0.25, 0.3) is 0 Å². The summed E-state index contributed by atoms with van der Waals surface area (Å²) in [5.74, 6) is -0.0467. The fourth-order valence-corrected chi connectivity index (χ4v) is 2.60. The zero-order chi connectivity index (χ0) is 14.8. The van der Waals surface area contributed by atoms with E-state index in [4.69, 9.17) is 9.15 Å². The number of rotatable bonds is 4. The fourth-order valence-electron chi connectivity index (χ4n) is 2.60. The van der Waals surface area contributed by atoms with E-state index in [-0.39, 0.29) is 17.7 Å². The van der Waals surface area contributed by atoms with E-state index in [0.29, 0.717) is 19.4 Å². The van der Waals surface area contributed by atoms with E-state index in [1.54, 1.807) is 6.26 Å². The molecular weight excluding hydrogens is 270 g/mol. The minimum atomic E-state index is -0.342. The van der Waals surface area contributed by atoms with Gasteiger partial charge in [0.05, 0.1) is 18.8 Å². The SMILES string of the molecule is CCCOc1ccc2occ(C3CCC(=O)NC3=O)c2c1. The van der Waals surface area contributed by atoms with Crippen molar-refractivity contribution in [2.24, 2.45) is 0 Å². The van der Waals surface area contributed by atoms with Crippen molar-refractivity contribution in [3.8, 4) is 5.75 Å². The first-order valence-electron chi connectivity index (χ1n) is 7.16. The Hall–Kier alpha value is -2.30. The van der Waals surface area contributed by atoms with E-state index in [2.05, 4.69) is 5.32 Å². The van der Waals surface area contributed by atoms with Crippen LogP contribution < -0.4 is 10.1 Å². The maximum absolute atomic E-state index is 12.0. The van der Waals surface area contributed by atoms with Gasteiger partial charge in [-0.3, -0.25) is 14.9 Å². The lowest BCUT2D eigenvalue weighted by molar-refractivity contribution is -0.134. The van der Waals surface area contributed by atoms with Gasteiger partial charge in [0.2, 0.25) is 11.8 Å². The first kappa shape index (κ1) is 13.7. The first-order chi connectivity index (χ1) is 10.2. The molecule has 1 saturated heterocycles. The quantitative estimate of drug-likeness (QED) is 0.878. The van der Waals surface area contributed by atoms with E-state index >= 15 is 0 Å². The number of hydrogen-bond acceptors (Lipinski definition) is 4. The van der Waals surface area contributed by atoms with E-state index in [1.807, 2.05) is 25.1 Å². The second-order valence-corrected chi connectivity index (χ2v) is 5.20. The number of furan rings is 1. The summed E-state index contributed by atoms with van der Waals surface area (Å²) < 4.78 is 11.1. The summed E-state index contributed by atoms with van der Waals surface area (Å²) in [6.07, 6.45) is 3.41. The summed E-state index contributed by atoms with van der Waals surface area (Å²) in [4.78, 5) is 23.2.